The normalized spacial score (nSPS) is 12.5. The molecule has 0 rings (SSSR count). The van der Waals surface area contributed by atoms with Gasteiger partial charge in [-0.25, -0.2) is 0 Å². The van der Waals surface area contributed by atoms with Gasteiger partial charge in [0.1, 0.15) is 0 Å². The number of carbonyl (C=O) groups is 2. The fourth-order valence-electron chi connectivity index (χ4n) is 10.9. The Labute approximate surface area is 463 Å². The van der Waals surface area contributed by atoms with Gasteiger partial charge in [0.05, 0.1) is 25.4 Å². The third-order valence-corrected chi connectivity index (χ3v) is 16.1. The van der Waals surface area contributed by atoms with E-state index in [4.69, 9.17) is 4.74 Å². The molecule has 1 amide bonds. The summed E-state index contributed by atoms with van der Waals surface area (Å²) in [6.07, 6.45) is 78.1. The van der Waals surface area contributed by atoms with Crippen LogP contribution in [0.15, 0.2) is 12.2 Å². The highest BCUT2D eigenvalue weighted by Gasteiger charge is 2.20. The standard InChI is InChI=1S/C68H133NO5/c1-3-5-7-9-11-13-15-17-19-29-34-38-42-46-50-54-58-62-68(73)74-63-59-55-51-47-43-39-35-31-28-26-24-22-21-23-25-27-30-33-37-41-45-49-53-57-61-67(72)69-65(64-70)66(71)60-56-52-48-44-40-36-32-20-18-16-14-12-10-8-6-4-2/h23,25,65-66,70-71H,3-22,24,26-64H2,1-2H3,(H,69,72)/b25-23-. The highest BCUT2D eigenvalue weighted by Crippen LogP contribution is 2.19. The van der Waals surface area contributed by atoms with E-state index in [0.29, 0.717) is 25.9 Å². The van der Waals surface area contributed by atoms with Crippen LogP contribution in [0.4, 0.5) is 0 Å². The second-order valence-corrected chi connectivity index (χ2v) is 23.5. The van der Waals surface area contributed by atoms with Crippen molar-refractivity contribution in [3.8, 4) is 0 Å². The van der Waals surface area contributed by atoms with E-state index in [1.807, 2.05) is 0 Å². The van der Waals surface area contributed by atoms with E-state index in [2.05, 4.69) is 31.3 Å². The molecule has 0 radical (unpaired) electrons. The Hall–Kier alpha value is -1.40. The second kappa shape index (κ2) is 64.1. The number of aliphatic hydroxyl groups is 2. The van der Waals surface area contributed by atoms with Crippen LogP contribution >= 0.6 is 0 Å². The molecule has 0 aromatic rings. The Morgan fingerprint density at radius 2 is 0.635 bits per heavy atom. The van der Waals surface area contributed by atoms with Gasteiger partial charge in [0.25, 0.3) is 0 Å². The van der Waals surface area contributed by atoms with Gasteiger partial charge in [0.2, 0.25) is 5.91 Å². The molecular weight excluding hydrogens is 911 g/mol. The minimum Gasteiger partial charge on any atom is -0.466 e. The van der Waals surface area contributed by atoms with Gasteiger partial charge in [0, 0.05) is 12.8 Å². The lowest BCUT2D eigenvalue weighted by molar-refractivity contribution is -0.143. The van der Waals surface area contributed by atoms with E-state index in [1.165, 1.54) is 315 Å². The average molecular weight is 1040 g/mol. The molecule has 0 aliphatic carbocycles. The summed E-state index contributed by atoms with van der Waals surface area (Å²) in [5.41, 5.74) is 0. The smallest absolute Gasteiger partial charge is 0.305 e. The van der Waals surface area contributed by atoms with E-state index in [9.17, 15) is 19.8 Å². The monoisotopic (exact) mass is 1040 g/mol. The fourth-order valence-corrected chi connectivity index (χ4v) is 10.9. The number of esters is 1. The number of hydrogen-bond donors (Lipinski definition) is 3. The van der Waals surface area contributed by atoms with Crippen LogP contribution in [0.3, 0.4) is 0 Å². The third-order valence-electron chi connectivity index (χ3n) is 16.1. The zero-order valence-corrected chi connectivity index (χ0v) is 50.4. The highest BCUT2D eigenvalue weighted by atomic mass is 16.5. The molecular formula is C68H133NO5. The predicted molar refractivity (Wildman–Crippen MR) is 324 cm³/mol. The van der Waals surface area contributed by atoms with Crippen LogP contribution < -0.4 is 5.32 Å². The molecule has 0 fully saturated rings. The molecule has 0 aromatic heterocycles. The Morgan fingerprint density at radius 1 is 0.365 bits per heavy atom. The first-order valence-corrected chi connectivity index (χ1v) is 33.9. The van der Waals surface area contributed by atoms with Crippen LogP contribution in [0.25, 0.3) is 0 Å². The van der Waals surface area contributed by atoms with Gasteiger partial charge >= 0.3 is 5.97 Å². The number of aliphatic hydroxyl groups excluding tert-OH is 2. The molecule has 0 saturated carbocycles. The Kier molecular flexibility index (Phi) is 62.9. The van der Waals surface area contributed by atoms with Crippen LogP contribution in [-0.2, 0) is 14.3 Å². The first-order valence-electron chi connectivity index (χ1n) is 33.9. The molecule has 0 heterocycles. The lowest BCUT2D eigenvalue weighted by Crippen LogP contribution is -2.45. The molecule has 2 unspecified atom stereocenters. The van der Waals surface area contributed by atoms with Crippen molar-refractivity contribution in [2.45, 2.75) is 398 Å². The quantitative estimate of drug-likeness (QED) is 0.0320. The number of amides is 1. The molecule has 6 nitrogen and oxygen atoms in total. The highest BCUT2D eigenvalue weighted by molar-refractivity contribution is 5.76. The Morgan fingerprint density at radius 3 is 0.959 bits per heavy atom. The first-order chi connectivity index (χ1) is 36.5. The number of rotatable bonds is 64. The van der Waals surface area contributed by atoms with E-state index >= 15 is 0 Å². The lowest BCUT2D eigenvalue weighted by atomic mass is 10.0. The minimum absolute atomic E-state index is 0.0175. The van der Waals surface area contributed by atoms with Crippen molar-refractivity contribution >= 4 is 11.9 Å². The number of unbranched alkanes of at least 4 members (excludes halogenated alkanes) is 51. The molecule has 6 heteroatoms. The van der Waals surface area contributed by atoms with Crippen LogP contribution in [-0.4, -0.2) is 47.4 Å². The molecule has 0 saturated heterocycles. The van der Waals surface area contributed by atoms with Crippen LogP contribution in [0.2, 0.25) is 0 Å². The SMILES string of the molecule is CCCCCCCCCCCCCCCCCCCC(=O)OCCCCCCCCCCCCCC/C=C\CCCCCCCCCCC(=O)NC(CO)C(O)CCCCCCCCCCCCCCCCCC. The van der Waals surface area contributed by atoms with Gasteiger partial charge in [-0.3, -0.25) is 9.59 Å². The van der Waals surface area contributed by atoms with Gasteiger partial charge in [-0.05, 0) is 51.4 Å². The van der Waals surface area contributed by atoms with Crippen molar-refractivity contribution in [3.05, 3.63) is 12.2 Å². The molecule has 0 aromatic carbocycles. The maximum atomic E-state index is 12.5. The summed E-state index contributed by atoms with van der Waals surface area (Å²) < 4.78 is 5.50. The zero-order valence-electron chi connectivity index (χ0n) is 50.4. The molecule has 74 heavy (non-hydrogen) atoms. The number of carbonyl (C=O) groups excluding carboxylic acids is 2. The predicted octanol–water partition coefficient (Wildman–Crippen LogP) is 21.6. The molecule has 0 aliphatic heterocycles. The zero-order chi connectivity index (χ0) is 53.6. The van der Waals surface area contributed by atoms with Gasteiger partial charge < -0.3 is 20.3 Å². The molecule has 3 N–H and O–H groups in total. The van der Waals surface area contributed by atoms with Crippen LogP contribution in [0.1, 0.15) is 386 Å². The van der Waals surface area contributed by atoms with E-state index in [0.717, 1.165) is 38.5 Å². The van der Waals surface area contributed by atoms with E-state index in [-0.39, 0.29) is 18.5 Å². The maximum absolute atomic E-state index is 12.5. The second-order valence-electron chi connectivity index (χ2n) is 23.5. The maximum Gasteiger partial charge on any atom is 0.305 e. The molecule has 0 aliphatic rings. The molecule has 0 spiro atoms. The fraction of sp³-hybridized carbons (Fsp3) is 0.941. The molecule has 0 bridgehead atoms. The van der Waals surface area contributed by atoms with E-state index in [1.54, 1.807) is 0 Å². The summed E-state index contributed by atoms with van der Waals surface area (Å²) >= 11 is 0. The van der Waals surface area contributed by atoms with Crippen LogP contribution in [0, 0.1) is 0 Å². The van der Waals surface area contributed by atoms with Gasteiger partial charge in [-0.15, -0.1) is 0 Å². The lowest BCUT2D eigenvalue weighted by Gasteiger charge is -2.22. The summed E-state index contributed by atoms with van der Waals surface area (Å²) in [4.78, 5) is 24.6. The molecule has 2 atom stereocenters. The largest absolute Gasteiger partial charge is 0.466 e. The summed E-state index contributed by atoms with van der Waals surface area (Å²) in [6.45, 7) is 4.99. The average Bonchev–Trinajstić information content (AvgIpc) is 3.40. The Bertz CT molecular complexity index is 1110. The minimum atomic E-state index is -0.666. The molecule has 440 valence electrons. The van der Waals surface area contributed by atoms with Crippen molar-refractivity contribution in [3.63, 3.8) is 0 Å². The number of hydrogen-bond acceptors (Lipinski definition) is 5. The summed E-state index contributed by atoms with van der Waals surface area (Å²) in [5.74, 6) is -0.0187. The van der Waals surface area contributed by atoms with Crippen molar-refractivity contribution in [2.24, 2.45) is 0 Å². The number of nitrogens with one attached hydrogen (secondary N) is 1. The summed E-state index contributed by atoms with van der Waals surface area (Å²) in [7, 11) is 0. The van der Waals surface area contributed by atoms with Crippen molar-refractivity contribution in [1.29, 1.82) is 0 Å². The van der Waals surface area contributed by atoms with Crippen molar-refractivity contribution in [2.75, 3.05) is 13.2 Å². The van der Waals surface area contributed by atoms with Crippen molar-refractivity contribution in [1.82, 2.24) is 5.32 Å². The summed E-state index contributed by atoms with van der Waals surface area (Å²) in [6, 6.07) is -0.544. The third kappa shape index (κ3) is 59.8. The Balaban J connectivity index is 3.37. The topological polar surface area (TPSA) is 95.9 Å². The number of allylic oxidation sites excluding steroid dienone is 2. The summed E-state index contributed by atoms with van der Waals surface area (Å²) in [5, 5.41) is 23.3. The first kappa shape index (κ1) is 72.6. The number of ether oxygens (including phenoxy) is 1. The van der Waals surface area contributed by atoms with Crippen LogP contribution in [0.5, 0.6) is 0 Å². The van der Waals surface area contributed by atoms with Gasteiger partial charge in [0.15, 0.2) is 0 Å². The van der Waals surface area contributed by atoms with Gasteiger partial charge in [-0.2, -0.15) is 0 Å². The van der Waals surface area contributed by atoms with Gasteiger partial charge in [-0.1, -0.05) is 334 Å². The van der Waals surface area contributed by atoms with E-state index < -0.39 is 12.1 Å². The van der Waals surface area contributed by atoms with Crippen molar-refractivity contribution < 1.29 is 24.5 Å².